The van der Waals surface area contributed by atoms with E-state index in [-0.39, 0.29) is 23.8 Å². The van der Waals surface area contributed by atoms with E-state index in [4.69, 9.17) is 4.74 Å². The molecule has 1 aromatic rings. The molecule has 0 radical (unpaired) electrons. The Kier molecular flexibility index (Phi) is 4.93. The first kappa shape index (κ1) is 15.5. The van der Waals surface area contributed by atoms with Crippen molar-refractivity contribution in [3.05, 3.63) is 29.8 Å². The number of carbonyl (C=O) groups is 2. The third-order valence-corrected chi connectivity index (χ3v) is 3.57. The Morgan fingerprint density at radius 1 is 1.29 bits per heavy atom. The van der Waals surface area contributed by atoms with Crippen LogP contribution in [0.3, 0.4) is 0 Å². The van der Waals surface area contributed by atoms with Crippen LogP contribution in [0.25, 0.3) is 0 Å². The number of benzene rings is 1. The van der Waals surface area contributed by atoms with Crippen LogP contribution < -0.4 is 10.6 Å². The summed E-state index contributed by atoms with van der Waals surface area (Å²) in [5.74, 6) is -0.409. The summed E-state index contributed by atoms with van der Waals surface area (Å²) in [6.07, 6.45) is 0. The average Bonchev–Trinajstić information content (AvgIpc) is 2.95. The quantitative estimate of drug-likeness (QED) is 0.850. The molecule has 2 rings (SSSR count). The largest absolute Gasteiger partial charge is 0.379 e. The number of nitrogens with one attached hydrogen (secondary N) is 2. The lowest BCUT2D eigenvalue weighted by atomic mass is 10.0. The topological polar surface area (TPSA) is 70.7 Å². The standard InChI is InChI=1S/C15H21N3O3/c1-16-13-9-21-8-12(13)14(19)17-11-6-4-5-10(7-11)15(20)18(2)3/h4-7,12-13,16H,8-9H2,1-3H3,(H,17,19). The van der Waals surface area contributed by atoms with Crippen molar-refractivity contribution in [2.75, 3.05) is 39.7 Å². The first-order chi connectivity index (χ1) is 10.0. The zero-order valence-corrected chi connectivity index (χ0v) is 12.6. The van der Waals surface area contributed by atoms with Gasteiger partial charge in [-0.05, 0) is 25.2 Å². The Balaban J connectivity index is 2.07. The molecule has 0 aromatic heterocycles. The summed E-state index contributed by atoms with van der Waals surface area (Å²) in [6, 6.07) is 6.97. The first-order valence-electron chi connectivity index (χ1n) is 6.90. The molecule has 0 bridgehead atoms. The molecule has 1 heterocycles. The molecule has 6 heteroatoms. The number of carbonyl (C=O) groups excluding carboxylic acids is 2. The smallest absolute Gasteiger partial charge is 0.253 e. The molecule has 1 fully saturated rings. The molecule has 1 aliphatic heterocycles. The lowest BCUT2D eigenvalue weighted by Gasteiger charge is -2.17. The summed E-state index contributed by atoms with van der Waals surface area (Å²) in [5.41, 5.74) is 1.17. The van der Waals surface area contributed by atoms with Crippen molar-refractivity contribution < 1.29 is 14.3 Å². The maximum Gasteiger partial charge on any atom is 0.253 e. The third-order valence-electron chi connectivity index (χ3n) is 3.57. The summed E-state index contributed by atoms with van der Waals surface area (Å²) in [5, 5.41) is 5.93. The highest BCUT2D eigenvalue weighted by Crippen LogP contribution is 2.18. The normalized spacial score (nSPS) is 21.1. The van der Waals surface area contributed by atoms with Crippen LogP contribution in [0.1, 0.15) is 10.4 Å². The number of nitrogens with zero attached hydrogens (tertiary/aromatic N) is 1. The van der Waals surface area contributed by atoms with Crippen molar-refractivity contribution in [2.24, 2.45) is 5.92 Å². The Labute approximate surface area is 124 Å². The van der Waals surface area contributed by atoms with Gasteiger partial charge in [-0.2, -0.15) is 0 Å². The number of ether oxygens (including phenoxy) is 1. The second-order valence-corrected chi connectivity index (χ2v) is 5.31. The van der Waals surface area contributed by atoms with Crippen molar-refractivity contribution in [1.29, 1.82) is 0 Å². The van der Waals surface area contributed by atoms with Crippen LogP contribution in [-0.4, -0.2) is 57.1 Å². The number of amides is 2. The van der Waals surface area contributed by atoms with Crippen molar-refractivity contribution in [3.8, 4) is 0 Å². The minimum absolute atomic E-state index is 0.0246. The zero-order chi connectivity index (χ0) is 15.4. The Hall–Kier alpha value is -1.92. The predicted octanol–water partition coefficient (Wildman–Crippen LogP) is 0.561. The maximum absolute atomic E-state index is 12.3. The number of likely N-dealkylation sites (N-methyl/N-ethyl adjacent to an activating group) is 1. The van der Waals surface area contributed by atoms with Crippen LogP contribution >= 0.6 is 0 Å². The van der Waals surface area contributed by atoms with Gasteiger partial charge < -0.3 is 20.3 Å². The highest BCUT2D eigenvalue weighted by Gasteiger charge is 2.32. The molecule has 1 aliphatic rings. The third kappa shape index (κ3) is 3.59. The summed E-state index contributed by atoms with van der Waals surface area (Å²) in [6.45, 7) is 0.946. The molecule has 1 saturated heterocycles. The molecule has 6 nitrogen and oxygen atoms in total. The van der Waals surface area contributed by atoms with Gasteiger partial charge in [0.15, 0.2) is 0 Å². The molecule has 2 amide bonds. The van der Waals surface area contributed by atoms with Gasteiger partial charge in [0, 0.05) is 31.4 Å². The van der Waals surface area contributed by atoms with Gasteiger partial charge in [0.1, 0.15) is 0 Å². The second kappa shape index (κ2) is 6.69. The molecular formula is C15H21N3O3. The van der Waals surface area contributed by atoms with Crippen LogP contribution in [-0.2, 0) is 9.53 Å². The molecule has 114 valence electrons. The summed E-state index contributed by atoms with van der Waals surface area (Å²) < 4.78 is 5.33. The van der Waals surface area contributed by atoms with Crippen molar-refractivity contribution in [3.63, 3.8) is 0 Å². The van der Waals surface area contributed by atoms with Crippen LogP contribution in [0, 0.1) is 5.92 Å². The fraction of sp³-hybridized carbons (Fsp3) is 0.467. The number of anilines is 1. The van der Waals surface area contributed by atoms with Gasteiger partial charge in [-0.25, -0.2) is 0 Å². The summed E-state index contributed by atoms with van der Waals surface area (Å²) in [4.78, 5) is 25.7. The van der Waals surface area contributed by atoms with E-state index in [0.717, 1.165) is 0 Å². The molecular weight excluding hydrogens is 270 g/mol. The number of rotatable bonds is 4. The van der Waals surface area contributed by atoms with E-state index in [9.17, 15) is 9.59 Å². The fourth-order valence-corrected chi connectivity index (χ4v) is 2.32. The van der Waals surface area contributed by atoms with E-state index in [1.54, 1.807) is 38.4 Å². The van der Waals surface area contributed by atoms with Crippen molar-refractivity contribution in [1.82, 2.24) is 10.2 Å². The molecule has 2 unspecified atom stereocenters. The first-order valence-corrected chi connectivity index (χ1v) is 6.90. The Bertz CT molecular complexity index is 531. The van der Waals surface area contributed by atoms with E-state index in [1.165, 1.54) is 4.90 Å². The van der Waals surface area contributed by atoms with Crippen molar-refractivity contribution in [2.45, 2.75) is 6.04 Å². The molecule has 1 aromatic carbocycles. The van der Waals surface area contributed by atoms with E-state index in [1.807, 2.05) is 7.05 Å². The monoisotopic (exact) mass is 291 g/mol. The molecule has 2 N–H and O–H groups in total. The van der Waals surface area contributed by atoms with E-state index in [2.05, 4.69) is 10.6 Å². The van der Waals surface area contributed by atoms with Crippen LogP contribution in [0.4, 0.5) is 5.69 Å². The second-order valence-electron chi connectivity index (χ2n) is 5.31. The van der Waals surface area contributed by atoms with Gasteiger partial charge >= 0.3 is 0 Å². The maximum atomic E-state index is 12.3. The molecule has 21 heavy (non-hydrogen) atoms. The zero-order valence-electron chi connectivity index (χ0n) is 12.6. The van der Waals surface area contributed by atoms with Gasteiger partial charge in [0.05, 0.1) is 19.1 Å². The van der Waals surface area contributed by atoms with E-state index >= 15 is 0 Å². The minimum atomic E-state index is -0.219. The SMILES string of the molecule is CNC1COCC1C(=O)Nc1cccc(C(=O)N(C)C)c1. The van der Waals surface area contributed by atoms with Gasteiger partial charge in [-0.3, -0.25) is 9.59 Å². The average molecular weight is 291 g/mol. The van der Waals surface area contributed by atoms with Gasteiger partial charge in [0.2, 0.25) is 5.91 Å². The molecule has 0 saturated carbocycles. The summed E-state index contributed by atoms with van der Waals surface area (Å²) in [7, 11) is 5.21. The van der Waals surface area contributed by atoms with Crippen LogP contribution in [0.15, 0.2) is 24.3 Å². The fourth-order valence-electron chi connectivity index (χ4n) is 2.32. The van der Waals surface area contributed by atoms with Crippen LogP contribution in [0.2, 0.25) is 0 Å². The van der Waals surface area contributed by atoms with Crippen LogP contribution in [0.5, 0.6) is 0 Å². The number of hydrogen-bond donors (Lipinski definition) is 2. The number of hydrogen-bond acceptors (Lipinski definition) is 4. The van der Waals surface area contributed by atoms with Gasteiger partial charge in [-0.15, -0.1) is 0 Å². The lowest BCUT2D eigenvalue weighted by Crippen LogP contribution is -2.39. The van der Waals surface area contributed by atoms with Gasteiger partial charge in [0.25, 0.3) is 5.91 Å². The predicted molar refractivity (Wildman–Crippen MR) is 80.2 cm³/mol. The van der Waals surface area contributed by atoms with Gasteiger partial charge in [-0.1, -0.05) is 6.07 Å². The lowest BCUT2D eigenvalue weighted by molar-refractivity contribution is -0.120. The molecule has 2 atom stereocenters. The van der Waals surface area contributed by atoms with E-state index < -0.39 is 0 Å². The molecule has 0 spiro atoms. The van der Waals surface area contributed by atoms with Crippen molar-refractivity contribution >= 4 is 17.5 Å². The minimum Gasteiger partial charge on any atom is -0.379 e. The Morgan fingerprint density at radius 2 is 2.05 bits per heavy atom. The van der Waals surface area contributed by atoms with E-state index in [0.29, 0.717) is 24.5 Å². The highest BCUT2D eigenvalue weighted by atomic mass is 16.5. The Morgan fingerprint density at radius 3 is 2.71 bits per heavy atom. The summed E-state index contributed by atoms with van der Waals surface area (Å²) >= 11 is 0. The molecule has 0 aliphatic carbocycles. The highest BCUT2D eigenvalue weighted by molar-refractivity contribution is 5.97.